The van der Waals surface area contributed by atoms with Crippen LogP contribution in [0.1, 0.15) is 21.9 Å². The van der Waals surface area contributed by atoms with Gasteiger partial charge in [-0.1, -0.05) is 12.1 Å². The molecule has 0 saturated carbocycles. The van der Waals surface area contributed by atoms with E-state index in [2.05, 4.69) is 5.32 Å². The maximum Gasteiger partial charge on any atom is 0.287 e. The number of carbonyl (C=O) groups is 1. The van der Waals surface area contributed by atoms with Gasteiger partial charge in [0.2, 0.25) is 0 Å². The number of nitrogens with one attached hydrogen (secondary N) is 1. The van der Waals surface area contributed by atoms with Crippen LogP contribution in [0.3, 0.4) is 0 Å². The Morgan fingerprint density at radius 3 is 2.44 bits per heavy atom. The largest absolute Gasteiger partial charge is 0.486 e. The lowest BCUT2D eigenvalue weighted by Crippen LogP contribution is -2.22. The quantitative estimate of drug-likeness (QED) is 0.504. The van der Waals surface area contributed by atoms with Crippen LogP contribution in [0.25, 0.3) is 0 Å². The highest BCUT2D eigenvalue weighted by molar-refractivity contribution is 5.91. The number of ether oxygens (including phenoxy) is 1. The number of nitro groups is 1. The molecule has 0 unspecified atom stereocenters. The molecule has 1 amide bonds. The molecule has 7 nitrogen and oxygen atoms in total. The van der Waals surface area contributed by atoms with Crippen molar-refractivity contribution in [1.82, 2.24) is 5.32 Å². The molecule has 2 aromatic carbocycles. The molecule has 0 atom stereocenters. The lowest BCUT2D eigenvalue weighted by Gasteiger charge is -2.04. The molecule has 1 heterocycles. The average Bonchev–Trinajstić information content (AvgIpc) is 3.15. The Morgan fingerprint density at radius 1 is 1.07 bits per heavy atom. The number of halogens is 1. The standard InChI is InChI=1S/C19H15FN2O5/c20-14-3-1-13(2-4-14)11-21-19(23)18-10-9-17(27-18)12-26-16-7-5-15(6-8-16)22(24)25/h1-10H,11-12H2,(H,21,23). The van der Waals surface area contributed by atoms with Gasteiger partial charge < -0.3 is 14.5 Å². The maximum atomic E-state index is 12.9. The van der Waals surface area contributed by atoms with E-state index in [1.54, 1.807) is 18.2 Å². The first-order valence-corrected chi connectivity index (χ1v) is 8.00. The van der Waals surface area contributed by atoms with E-state index in [1.807, 2.05) is 0 Å². The second kappa shape index (κ2) is 8.13. The highest BCUT2D eigenvalue weighted by Gasteiger charge is 2.12. The number of nitrogens with zero attached hydrogens (tertiary/aromatic N) is 1. The lowest BCUT2D eigenvalue weighted by molar-refractivity contribution is -0.384. The normalized spacial score (nSPS) is 10.4. The third-order valence-electron chi connectivity index (χ3n) is 3.68. The SMILES string of the molecule is O=C(NCc1ccc(F)cc1)c1ccc(COc2ccc([N+](=O)[O-])cc2)o1. The van der Waals surface area contributed by atoms with Gasteiger partial charge in [0.25, 0.3) is 11.6 Å². The van der Waals surface area contributed by atoms with Gasteiger partial charge in [0.05, 0.1) is 4.92 Å². The van der Waals surface area contributed by atoms with Gasteiger partial charge in [-0.25, -0.2) is 4.39 Å². The third kappa shape index (κ3) is 4.91. The van der Waals surface area contributed by atoms with Gasteiger partial charge in [-0.15, -0.1) is 0 Å². The van der Waals surface area contributed by atoms with Crippen molar-refractivity contribution >= 4 is 11.6 Å². The van der Waals surface area contributed by atoms with Gasteiger partial charge in [0.15, 0.2) is 5.76 Å². The number of benzene rings is 2. The number of non-ortho nitro benzene ring substituents is 1. The molecule has 0 fully saturated rings. The van der Waals surface area contributed by atoms with Crippen LogP contribution in [0.2, 0.25) is 0 Å². The van der Waals surface area contributed by atoms with Crippen molar-refractivity contribution in [2.45, 2.75) is 13.2 Å². The highest BCUT2D eigenvalue weighted by atomic mass is 19.1. The summed E-state index contributed by atoms with van der Waals surface area (Å²) in [5.41, 5.74) is 0.735. The van der Waals surface area contributed by atoms with Crippen LogP contribution in [0.15, 0.2) is 65.1 Å². The number of carbonyl (C=O) groups excluding carboxylic acids is 1. The minimum atomic E-state index is -0.493. The number of amides is 1. The van der Waals surface area contributed by atoms with E-state index in [-0.39, 0.29) is 30.4 Å². The van der Waals surface area contributed by atoms with Gasteiger partial charge in [-0.05, 0) is 42.0 Å². The van der Waals surface area contributed by atoms with Crippen molar-refractivity contribution < 1.29 is 23.3 Å². The summed E-state index contributed by atoms with van der Waals surface area (Å²) in [6.45, 7) is 0.317. The zero-order valence-electron chi connectivity index (χ0n) is 14.1. The molecule has 0 aliphatic rings. The van der Waals surface area contributed by atoms with Crippen molar-refractivity contribution in [2.24, 2.45) is 0 Å². The molecular formula is C19H15FN2O5. The van der Waals surface area contributed by atoms with Gasteiger partial charge in [-0.3, -0.25) is 14.9 Å². The van der Waals surface area contributed by atoms with Crippen LogP contribution in [-0.2, 0) is 13.2 Å². The van der Waals surface area contributed by atoms with Crippen LogP contribution in [0.5, 0.6) is 5.75 Å². The molecule has 0 aliphatic carbocycles. The number of rotatable bonds is 7. The number of nitro benzene ring substituents is 1. The van der Waals surface area contributed by atoms with Crippen LogP contribution < -0.4 is 10.1 Å². The molecule has 1 N–H and O–H groups in total. The Kier molecular flexibility index (Phi) is 5.46. The molecule has 138 valence electrons. The Balaban J connectivity index is 1.52. The van der Waals surface area contributed by atoms with Crippen molar-refractivity contribution in [1.29, 1.82) is 0 Å². The van der Waals surface area contributed by atoms with Gasteiger partial charge in [0, 0.05) is 18.7 Å². The molecule has 8 heteroatoms. The van der Waals surface area contributed by atoms with Crippen molar-refractivity contribution in [3.63, 3.8) is 0 Å². The lowest BCUT2D eigenvalue weighted by atomic mass is 10.2. The van der Waals surface area contributed by atoms with E-state index >= 15 is 0 Å². The molecule has 0 radical (unpaired) electrons. The molecule has 27 heavy (non-hydrogen) atoms. The molecule has 3 aromatic rings. The summed E-state index contributed by atoms with van der Waals surface area (Å²) in [6.07, 6.45) is 0. The third-order valence-corrected chi connectivity index (χ3v) is 3.68. The Bertz CT molecular complexity index is 935. The van der Waals surface area contributed by atoms with Crippen LogP contribution in [0.4, 0.5) is 10.1 Å². The zero-order chi connectivity index (χ0) is 19.2. The summed E-state index contributed by atoms with van der Waals surface area (Å²) < 4.78 is 23.8. The fraction of sp³-hybridized carbons (Fsp3) is 0.105. The van der Waals surface area contributed by atoms with E-state index < -0.39 is 10.8 Å². The van der Waals surface area contributed by atoms with E-state index in [0.717, 1.165) is 5.56 Å². The molecule has 1 aromatic heterocycles. The van der Waals surface area contributed by atoms with Crippen LogP contribution in [0, 0.1) is 15.9 Å². The minimum absolute atomic E-state index is 0.0274. The van der Waals surface area contributed by atoms with Crippen molar-refractivity contribution in [3.05, 3.63) is 93.7 Å². The van der Waals surface area contributed by atoms with Crippen LogP contribution >= 0.6 is 0 Å². The molecule has 0 aliphatic heterocycles. The first kappa shape index (κ1) is 18.1. The monoisotopic (exact) mass is 370 g/mol. The second-order valence-electron chi connectivity index (χ2n) is 5.61. The summed E-state index contributed by atoms with van der Waals surface area (Å²) >= 11 is 0. The van der Waals surface area contributed by atoms with Gasteiger partial charge >= 0.3 is 0 Å². The Morgan fingerprint density at radius 2 is 1.78 bits per heavy atom. The predicted octanol–water partition coefficient (Wildman–Crippen LogP) is 3.84. The topological polar surface area (TPSA) is 94.6 Å². The summed E-state index contributed by atoms with van der Waals surface area (Å²) in [6, 6.07) is 14.6. The Hall–Kier alpha value is -3.68. The fourth-order valence-corrected chi connectivity index (χ4v) is 2.27. The van der Waals surface area contributed by atoms with E-state index in [0.29, 0.717) is 11.5 Å². The molecule has 0 spiro atoms. The van der Waals surface area contributed by atoms with Crippen LogP contribution in [-0.4, -0.2) is 10.8 Å². The predicted molar refractivity (Wildman–Crippen MR) is 93.7 cm³/mol. The van der Waals surface area contributed by atoms with E-state index in [4.69, 9.17) is 9.15 Å². The second-order valence-corrected chi connectivity index (χ2v) is 5.61. The van der Waals surface area contributed by atoms with E-state index in [1.165, 1.54) is 42.5 Å². The summed E-state index contributed by atoms with van der Waals surface area (Å²) in [7, 11) is 0. The number of hydrogen-bond donors (Lipinski definition) is 1. The summed E-state index contributed by atoms with van der Waals surface area (Å²) in [5.74, 6) is 0.258. The Labute approximate surface area is 153 Å². The summed E-state index contributed by atoms with van der Waals surface area (Å²) in [4.78, 5) is 22.2. The number of furan rings is 1. The smallest absolute Gasteiger partial charge is 0.287 e. The average molecular weight is 370 g/mol. The van der Waals surface area contributed by atoms with Gasteiger partial charge in [0.1, 0.15) is 23.9 Å². The molecule has 0 saturated heterocycles. The highest BCUT2D eigenvalue weighted by Crippen LogP contribution is 2.19. The first-order chi connectivity index (χ1) is 13.0. The fourth-order valence-electron chi connectivity index (χ4n) is 2.27. The summed E-state index contributed by atoms with van der Waals surface area (Å²) in [5, 5.41) is 13.3. The molecule has 3 rings (SSSR count). The number of hydrogen-bond acceptors (Lipinski definition) is 5. The maximum absolute atomic E-state index is 12.9. The van der Waals surface area contributed by atoms with Gasteiger partial charge in [-0.2, -0.15) is 0 Å². The zero-order valence-corrected chi connectivity index (χ0v) is 14.1. The molecular weight excluding hydrogens is 355 g/mol. The first-order valence-electron chi connectivity index (χ1n) is 8.00. The molecule has 0 bridgehead atoms. The minimum Gasteiger partial charge on any atom is -0.486 e. The van der Waals surface area contributed by atoms with Crippen molar-refractivity contribution in [2.75, 3.05) is 0 Å². The van der Waals surface area contributed by atoms with Crippen molar-refractivity contribution in [3.8, 4) is 5.75 Å². The van der Waals surface area contributed by atoms with E-state index in [9.17, 15) is 19.3 Å².